The van der Waals surface area contributed by atoms with Crippen LogP contribution in [0.4, 0.5) is 5.69 Å². The molecule has 0 saturated carbocycles. The van der Waals surface area contributed by atoms with E-state index in [9.17, 15) is 14.9 Å². The molecule has 1 aromatic heterocycles. The van der Waals surface area contributed by atoms with Gasteiger partial charge in [0.15, 0.2) is 0 Å². The lowest BCUT2D eigenvalue weighted by Gasteiger charge is -2.11. The van der Waals surface area contributed by atoms with Crippen LogP contribution in [0, 0.1) is 10.1 Å². The first-order chi connectivity index (χ1) is 14.9. The van der Waals surface area contributed by atoms with Crippen molar-refractivity contribution in [3.05, 3.63) is 67.8 Å². The molecule has 3 heterocycles. The number of fused-ring (bicyclic) bond motifs is 3. The lowest BCUT2D eigenvalue weighted by molar-refractivity contribution is -0.384. The van der Waals surface area contributed by atoms with Crippen LogP contribution in [0.5, 0.6) is 11.5 Å². The second-order valence-electron chi connectivity index (χ2n) is 7.83. The third-order valence-corrected chi connectivity index (χ3v) is 5.70. The number of nitro groups is 1. The van der Waals surface area contributed by atoms with E-state index in [1.807, 2.05) is 32.1 Å². The Kier molecular flexibility index (Phi) is 4.50. The summed E-state index contributed by atoms with van der Waals surface area (Å²) in [6, 6.07) is 8.22. The zero-order valence-corrected chi connectivity index (χ0v) is 17.3. The highest BCUT2D eigenvalue weighted by molar-refractivity contribution is 5.86. The average Bonchev–Trinajstić information content (AvgIpc) is 3.30. The Balaban J connectivity index is 1.63. The van der Waals surface area contributed by atoms with Crippen LogP contribution < -0.4 is 15.0 Å². The van der Waals surface area contributed by atoms with Crippen molar-refractivity contribution in [2.45, 2.75) is 39.3 Å². The van der Waals surface area contributed by atoms with Gasteiger partial charge in [0.05, 0.1) is 22.4 Å². The number of aromatic nitrogens is 2. The normalized spacial score (nSPS) is 18.1. The quantitative estimate of drug-likeness (QED) is 0.469. The molecule has 0 saturated heterocycles. The van der Waals surface area contributed by atoms with Gasteiger partial charge in [-0.25, -0.2) is 4.98 Å². The molecule has 8 heteroatoms. The summed E-state index contributed by atoms with van der Waals surface area (Å²) in [5.41, 5.74) is 3.01. The Morgan fingerprint density at radius 2 is 2.19 bits per heavy atom. The van der Waals surface area contributed by atoms with Gasteiger partial charge in [-0.1, -0.05) is 0 Å². The highest BCUT2D eigenvalue weighted by atomic mass is 16.6. The number of hydrogen-bond acceptors (Lipinski definition) is 6. The number of non-ortho nitro benzene ring substituents is 1. The highest BCUT2D eigenvalue weighted by Gasteiger charge is 2.25. The molecule has 0 N–H and O–H groups in total. The number of allylic oxidation sites excluding steroid dienone is 1. The fourth-order valence-electron chi connectivity index (χ4n) is 4.29. The summed E-state index contributed by atoms with van der Waals surface area (Å²) < 4.78 is 13.4. The van der Waals surface area contributed by atoms with Crippen molar-refractivity contribution in [1.82, 2.24) is 9.55 Å². The van der Waals surface area contributed by atoms with E-state index in [0.717, 1.165) is 34.6 Å². The molecular weight excluding hydrogens is 398 g/mol. The van der Waals surface area contributed by atoms with Crippen LogP contribution in [0.25, 0.3) is 22.6 Å². The Morgan fingerprint density at radius 3 is 2.97 bits per heavy atom. The number of ether oxygens (including phenoxy) is 2. The largest absolute Gasteiger partial charge is 0.493 e. The van der Waals surface area contributed by atoms with Crippen LogP contribution in [0.1, 0.15) is 37.2 Å². The Morgan fingerprint density at radius 1 is 1.35 bits per heavy atom. The maximum atomic E-state index is 13.0. The van der Waals surface area contributed by atoms with Crippen LogP contribution >= 0.6 is 0 Å². The van der Waals surface area contributed by atoms with Gasteiger partial charge in [0.2, 0.25) is 0 Å². The summed E-state index contributed by atoms with van der Waals surface area (Å²) in [5.74, 6) is 2.23. The predicted molar refractivity (Wildman–Crippen MR) is 117 cm³/mol. The lowest BCUT2D eigenvalue weighted by atomic mass is 10.0. The van der Waals surface area contributed by atoms with Crippen LogP contribution in [0.2, 0.25) is 0 Å². The monoisotopic (exact) mass is 419 g/mol. The first kappa shape index (κ1) is 19.3. The Labute approximate surface area is 177 Å². The van der Waals surface area contributed by atoms with Gasteiger partial charge in [0.1, 0.15) is 23.4 Å². The minimum absolute atomic E-state index is 0.116. The van der Waals surface area contributed by atoms with Crippen molar-refractivity contribution in [3.8, 4) is 11.5 Å². The first-order valence-corrected chi connectivity index (χ1v) is 10.3. The van der Waals surface area contributed by atoms with Crippen molar-refractivity contribution in [3.63, 3.8) is 0 Å². The molecule has 5 rings (SSSR count). The summed E-state index contributed by atoms with van der Waals surface area (Å²) in [5, 5.41) is 11.3. The van der Waals surface area contributed by atoms with Crippen LogP contribution in [-0.2, 0) is 13.0 Å². The van der Waals surface area contributed by atoms with Crippen molar-refractivity contribution in [1.29, 1.82) is 0 Å². The molecule has 3 aromatic rings. The summed E-state index contributed by atoms with van der Waals surface area (Å²) in [6.07, 6.45) is 3.63. The van der Waals surface area contributed by atoms with Crippen LogP contribution in [0.15, 0.2) is 35.1 Å². The van der Waals surface area contributed by atoms with Gasteiger partial charge < -0.3 is 9.47 Å². The van der Waals surface area contributed by atoms with E-state index < -0.39 is 4.92 Å². The maximum absolute atomic E-state index is 13.0. The van der Waals surface area contributed by atoms with E-state index >= 15 is 0 Å². The molecule has 2 aromatic carbocycles. The van der Waals surface area contributed by atoms with Gasteiger partial charge in [0.25, 0.3) is 11.2 Å². The summed E-state index contributed by atoms with van der Waals surface area (Å²) in [7, 11) is 0. The molecule has 0 aliphatic carbocycles. The molecule has 0 unspecified atom stereocenters. The minimum Gasteiger partial charge on any atom is -0.493 e. The fraction of sp³-hybridized carbons (Fsp3) is 0.304. The average molecular weight is 419 g/mol. The number of nitro benzene ring substituents is 1. The van der Waals surface area contributed by atoms with Gasteiger partial charge in [-0.3, -0.25) is 19.5 Å². The third kappa shape index (κ3) is 3.24. The number of benzene rings is 2. The predicted octanol–water partition coefficient (Wildman–Crippen LogP) is 3.97. The lowest BCUT2D eigenvalue weighted by Crippen LogP contribution is -2.20. The number of nitrogens with zero attached hydrogens (tertiary/aromatic N) is 3. The minimum atomic E-state index is -0.506. The molecule has 0 fully saturated rings. The van der Waals surface area contributed by atoms with E-state index in [-0.39, 0.29) is 22.7 Å². The summed E-state index contributed by atoms with van der Waals surface area (Å²) in [6.45, 7) is 5.01. The smallest absolute Gasteiger partial charge is 0.270 e. The Bertz CT molecular complexity index is 1330. The SMILES string of the molecule is CCOc1cc2c(cc1/C=C1\CCn3c1nc1ccc([N+](=O)[O-])cc1c3=O)O[C@@H](C)C2. The molecule has 0 amide bonds. The van der Waals surface area contributed by atoms with Crippen LogP contribution in [-0.4, -0.2) is 27.2 Å². The first-order valence-electron chi connectivity index (χ1n) is 10.3. The molecule has 1 atom stereocenters. The van der Waals surface area contributed by atoms with Crippen molar-refractivity contribution in [2.75, 3.05) is 6.61 Å². The molecule has 31 heavy (non-hydrogen) atoms. The molecule has 0 spiro atoms. The van der Waals surface area contributed by atoms with Gasteiger partial charge in [-0.15, -0.1) is 0 Å². The topological polar surface area (TPSA) is 96.5 Å². The maximum Gasteiger partial charge on any atom is 0.270 e. The molecule has 8 nitrogen and oxygen atoms in total. The summed E-state index contributed by atoms with van der Waals surface area (Å²) in [4.78, 5) is 28.2. The molecule has 2 aliphatic heterocycles. The Hall–Kier alpha value is -3.68. The van der Waals surface area contributed by atoms with E-state index in [4.69, 9.17) is 9.47 Å². The van der Waals surface area contributed by atoms with Crippen molar-refractivity contribution in [2.24, 2.45) is 0 Å². The molecule has 2 aliphatic rings. The third-order valence-electron chi connectivity index (χ3n) is 5.70. The van der Waals surface area contributed by atoms with E-state index in [0.29, 0.717) is 30.9 Å². The van der Waals surface area contributed by atoms with Crippen molar-refractivity contribution < 1.29 is 14.4 Å². The van der Waals surface area contributed by atoms with Gasteiger partial charge in [-0.05, 0) is 50.1 Å². The zero-order valence-electron chi connectivity index (χ0n) is 17.3. The molecular formula is C23H21N3O5. The van der Waals surface area contributed by atoms with E-state index in [2.05, 4.69) is 4.98 Å². The number of hydrogen-bond donors (Lipinski definition) is 0. The zero-order chi connectivity index (χ0) is 21.7. The van der Waals surface area contributed by atoms with E-state index in [1.54, 1.807) is 4.57 Å². The molecule has 0 radical (unpaired) electrons. The van der Waals surface area contributed by atoms with Gasteiger partial charge in [0, 0.05) is 36.2 Å². The molecule has 0 bridgehead atoms. The second-order valence-corrected chi connectivity index (χ2v) is 7.83. The van der Waals surface area contributed by atoms with Crippen molar-refractivity contribution >= 4 is 28.2 Å². The van der Waals surface area contributed by atoms with E-state index in [1.165, 1.54) is 18.2 Å². The fourth-order valence-corrected chi connectivity index (χ4v) is 4.29. The summed E-state index contributed by atoms with van der Waals surface area (Å²) >= 11 is 0. The number of rotatable bonds is 4. The van der Waals surface area contributed by atoms with Gasteiger partial charge >= 0.3 is 0 Å². The van der Waals surface area contributed by atoms with Gasteiger partial charge in [-0.2, -0.15) is 0 Å². The standard InChI is InChI=1S/C23H21N3O5/c1-3-30-20-10-15-8-13(2)31-21(15)11-16(20)9-14-6-7-25-22(14)24-19-5-4-17(26(28)29)12-18(19)23(25)27/h4-5,9-13H,3,6-8H2,1-2H3/b14-9+/t13-/m0/s1. The van der Waals surface area contributed by atoms with Crippen LogP contribution in [0.3, 0.4) is 0 Å². The highest BCUT2D eigenvalue weighted by Crippen LogP contribution is 2.38. The second kappa shape index (κ2) is 7.23. The molecule has 158 valence electrons.